The fourth-order valence-corrected chi connectivity index (χ4v) is 3.70. The maximum absolute atomic E-state index is 12.6. The lowest BCUT2D eigenvalue weighted by Crippen LogP contribution is -2.29. The first-order valence-corrected chi connectivity index (χ1v) is 10.3. The van der Waals surface area contributed by atoms with E-state index in [1.807, 2.05) is 20.8 Å². The first-order chi connectivity index (χ1) is 14.0. The lowest BCUT2D eigenvalue weighted by Gasteiger charge is -2.23. The number of thiazole rings is 1. The third kappa shape index (κ3) is 4.51. The van der Waals surface area contributed by atoms with Crippen LogP contribution < -0.4 is 16.0 Å². The molecule has 3 rings (SSSR count). The highest BCUT2D eigenvalue weighted by Crippen LogP contribution is 2.30. The second kappa shape index (κ2) is 7.91. The molecule has 1 aromatic carbocycles. The Kier molecular flexibility index (Phi) is 5.67. The van der Waals surface area contributed by atoms with Crippen LogP contribution in [0.5, 0.6) is 0 Å². The second-order valence-corrected chi connectivity index (χ2v) is 9.43. The van der Waals surface area contributed by atoms with Gasteiger partial charge in [-0.05, 0) is 30.5 Å². The lowest BCUT2D eigenvalue weighted by atomic mass is 9.91. The van der Waals surface area contributed by atoms with Gasteiger partial charge in [0.25, 0.3) is 11.8 Å². The van der Waals surface area contributed by atoms with Crippen LogP contribution in [0.4, 0.5) is 11.5 Å². The molecular weight excluding hydrogens is 402 g/mol. The van der Waals surface area contributed by atoms with Crippen LogP contribution >= 0.6 is 11.3 Å². The summed E-state index contributed by atoms with van der Waals surface area (Å²) in [5.41, 5.74) is 7.14. The predicted octanol–water partition coefficient (Wildman–Crippen LogP) is 3.68. The van der Waals surface area contributed by atoms with E-state index in [1.54, 1.807) is 42.5 Å². The van der Waals surface area contributed by atoms with Gasteiger partial charge >= 0.3 is 0 Å². The molecule has 0 aliphatic carbocycles. The summed E-state index contributed by atoms with van der Waals surface area (Å²) in [6.45, 7) is 7.82. The van der Waals surface area contributed by atoms with Gasteiger partial charge in [0.1, 0.15) is 11.5 Å². The van der Waals surface area contributed by atoms with Gasteiger partial charge in [-0.3, -0.25) is 14.4 Å². The Hall–Kier alpha value is -3.20. The van der Waals surface area contributed by atoms with Crippen LogP contribution in [0.25, 0.3) is 10.9 Å². The average molecular weight is 428 g/mol. The van der Waals surface area contributed by atoms with Crippen LogP contribution in [-0.2, 0) is 4.79 Å². The van der Waals surface area contributed by atoms with Crippen LogP contribution in [0.1, 0.15) is 53.0 Å². The van der Waals surface area contributed by atoms with Gasteiger partial charge in [-0.2, -0.15) is 0 Å². The number of fused-ring (bicyclic) bond motifs is 1. The number of nitrogens with one attached hydrogen (secondary N) is 2. The third-order valence-electron chi connectivity index (χ3n) is 4.56. The maximum atomic E-state index is 12.6. The first kappa shape index (κ1) is 21.5. The molecule has 8 nitrogen and oxygen atoms in total. The minimum absolute atomic E-state index is 0.0176. The van der Waals surface area contributed by atoms with Crippen molar-refractivity contribution in [2.75, 3.05) is 17.3 Å². The monoisotopic (exact) mass is 427 g/mol. The van der Waals surface area contributed by atoms with Crippen molar-refractivity contribution >= 4 is 51.5 Å². The number of rotatable bonds is 5. The largest absolute Gasteiger partial charge is 0.365 e. The van der Waals surface area contributed by atoms with Gasteiger partial charge in [0, 0.05) is 35.4 Å². The number of aryl methyl sites for hydroxylation is 1. The summed E-state index contributed by atoms with van der Waals surface area (Å²) < 4.78 is 0. The molecule has 0 bridgehead atoms. The Balaban J connectivity index is 1.95. The highest BCUT2D eigenvalue weighted by atomic mass is 32.1. The van der Waals surface area contributed by atoms with Gasteiger partial charge in [0.2, 0.25) is 5.91 Å². The molecule has 0 spiro atoms. The normalized spacial score (nSPS) is 11.5. The van der Waals surface area contributed by atoms with Gasteiger partial charge in [0.15, 0.2) is 0 Å². The predicted molar refractivity (Wildman–Crippen MR) is 119 cm³/mol. The zero-order valence-electron chi connectivity index (χ0n) is 17.6. The summed E-state index contributed by atoms with van der Waals surface area (Å²) in [6.07, 6.45) is 0.396. The minimum atomic E-state index is -0.670. The molecule has 3 amide bonds. The Morgan fingerprint density at radius 2 is 1.97 bits per heavy atom. The lowest BCUT2D eigenvalue weighted by molar-refractivity contribution is -0.120. The summed E-state index contributed by atoms with van der Waals surface area (Å²) >= 11 is 1.36. The molecule has 2 aromatic heterocycles. The SMILES string of the molecule is Cc1nc(C(=O)Nc2[nH]c3cc(N(C)C(=O)CC(C)(C)C)ccc3c2C(N)=O)cs1. The number of nitrogens with zero attached hydrogens (tertiary/aromatic N) is 2. The molecule has 4 N–H and O–H groups in total. The number of H-pyrrole nitrogens is 1. The Morgan fingerprint density at radius 3 is 2.53 bits per heavy atom. The van der Waals surface area contributed by atoms with E-state index in [9.17, 15) is 14.4 Å². The number of anilines is 2. The number of benzene rings is 1. The highest BCUT2D eigenvalue weighted by Gasteiger charge is 2.23. The second-order valence-electron chi connectivity index (χ2n) is 8.37. The van der Waals surface area contributed by atoms with E-state index in [-0.39, 0.29) is 28.4 Å². The third-order valence-corrected chi connectivity index (χ3v) is 5.34. The zero-order chi connectivity index (χ0) is 22.2. The molecule has 0 atom stereocenters. The zero-order valence-corrected chi connectivity index (χ0v) is 18.4. The van der Waals surface area contributed by atoms with Crippen molar-refractivity contribution in [3.05, 3.63) is 39.8 Å². The number of hydrogen-bond donors (Lipinski definition) is 3. The van der Waals surface area contributed by atoms with E-state index in [2.05, 4.69) is 15.3 Å². The summed E-state index contributed by atoms with van der Waals surface area (Å²) in [4.78, 5) is 45.9. The fourth-order valence-electron chi connectivity index (χ4n) is 3.11. The summed E-state index contributed by atoms with van der Waals surface area (Å²) in [6, 6.07) is 5.22. The van der Waals surface area contributed by atoms with Gasteiger partial charge in [-0.1, -0.05) is 20.8 Å². The number of amides is 3. The van der Waals surface area contributed by atoms with Gasteiger partial charge in [-0.15, -0.1) is 11.3 Å². The molecule has 0 aliphatic heterocycles. The maximum Gasteiger partial charge on any atom is 0.276 e. The first-order valence-electron chi connectivity index (χ1n) is 9.42. The standard InChI is InChI=1S/C21H25N5O3S/c1-11-23-15(10-30-11)20(29)25-19-17(18(22)28)13-7-6-12(8-14(13)24-19)26(5)16(27)9-21(2,3)4/h6-8,10,24H,9H2,1-5H3,(H2,22,28)(H,25,29). The molecule has 0 unspecified atom stereocenters. The number of primary amides is 1. The molecule has 0 radical (unpaired) electrons. The van der Waals surface area contributed by atoms with Crippen molar-refractivity contribution in [3.63, 3.8) is 0 Å². The minimum Gasteiger partial charge on any atom is -0.365 e. The number of carbonyl (C=O) groups excluding carboxylic acids is 3. The summed E-state index contributed by atoms with van der Waals surface area (Å²) in [5, 5.41) is 5.65. The highest BCUT2D eigenvalue weighted by molar-refractivity contribution is 7.09. The van der Waals surface area contributed by atoms with Crippen molar-refractivity contribution in [2.24, 2.45) is 11.1 Å². The van der Waals surface area contributed by atoms with Gasteiger partial charge < -0.3 is 20.9 Å². The van der Waals surface area contributed by atoms with Crippen LogP contribution in [-0.4, -0.2) is 34.7 Å². The smallest absolute Gasteiger partial charge is 0.276 e. The van der Waals surface area contributed by atoms with Crippen LogP contribution in [0.3, 0.4) is 0 Å². The van der Waals surface area contributed by atoms with Crippen molar-refractivity contribution in [2.45, 2.75) is 34.1 Å². The van der Waals surface area contributed by atoms with E-state index >= 15 is 0 Å². The van der Waals surface area contributed by atoms with E-state index in [0.717, 1.165) is 5.01 Å². The van der Waals surface area contributed by atoms with E-state index in [0.29, 0.717) is 23.0 Å². The number of carbonyl (C=O) groups is 3. The Bertz CT molecular complexity index is 1140. The van der Waals surface area contributed by atoms with Crippen molar-refractivity contribution in [3.8, 4) is 0 Å². The molecule has 9 heteroatoms. The Morgan fingerprint density at radius 1 is 1.27 bits per heavy atom. The van der Waals surface area contributed by atoms with Crippen LogP contribution in [0, 0.1) is 12.3 Å². The number of hydrogen-bond acceptors (Lipinski definition) is 5. The molecule has 0 saturated heterocycles. The average Bonchev–Trinajstić information content (AvgIpc) is 3.22. The molecule has 0 aliphatic rings. The molecule has 0 saturated carbocycles. The van der Waals surface area contributed by atoms with Crippen molar-refractivity contribution in [1.29, 1.82) is 0 Å². The molecule has 158 valence electrons. The van der Waals surface area contributed by atoms with Gasteiger partial charge in [0.05, 0.1) is 10.6 Å². The van der Waals surface area contributed by atoms with Gasteiger partial charge in [-0.25, -0.2) is 4.98 Å². The molecule has 0 fully saturated rings. The molecule has 3 aromatic rings. The molecule has 2 heterocycles. The van der Waals surface area contributed by atoms with Crippen molar-refractivity contribution in [1.82, 2.24) is 9.97 Å². The number of aromatic nitrogens is 2. The number of aromatic amines is 1. The number of nitrogens with two attached hydrogens (primary N) is 1. The van der Waals surface area contributed by atoms with E-state index < -0.39 is 11.8 Å². The quantitative estimate of drug-likeness (QED) is 0.575. The molecule has 30 heavy (non-hydrogen) atoms. The van der Waals surface area contributed by atoms with E-state index in [4.69, 9.17) is 5.73 Å². The van der Waals surface area contributed by atoms with Crippen LogP contribution in [0.2, 0.25) is 0 Å². The van der Waals surface area contributed by atoms with Crippen LogP contribution in [0.15, 0.2) is 23.6 Å². The van der Waals surface area contributed by atoms with Crippen molar-refractivity contribution < 1.29 is 14.4 Å². The van der Waals surface area contributed by atoms with E-state index in [1.165, 1.54) is 11.3 Å². The Labute approximate surface area is 178 Å². The summed E-state index contributed by atoms with van der Waals surface area (Å²) in [7, 11) is 1.71. The topological polar surface area (TPSA) is 121 Å². The molecular formula is C21H25N5O3S. The summed E-state index contributed by atoms with van der Waals surface area (Å²) in [5.74, 6) is -0.924. The fraction of sp³-hybridized carbons (Fsp3) is 0.333.